The first kappa shape index (κ1) is 10.9. The minimum Gasteiger partial charge on any atom is -0.396 e. The molecular formula is C8H18O3. The predicted molar refractivity (Wildman–Crippen MR) is 43.3 cm³/mol. The molecule has 0 aliphatic rings. The summed E-state index contributed by atoms with van der Waals surface area (Å²) in [5.41, 5.74) is 0. The van der Waals surface area contributed by atoms with Gasteiger partial charge in [-0.25, -0.2) is 0 Å². The number of aliphatic hydroxyl groups excluding tert-OH is 1. The summed E-state index contributed by atoms with van der Waals surface area (Å²) < 4.78 is 10.0. The van der Waals surface area contributed by atoms with Crippen LogP contribution in [0.25, 0.3) is 0 Å². The van der Waals surface area contributed by atoms with Gasteiger partial charge in [-0.2, -0.15) is 0 Å². The monoisotopic (exact) mass is 162 g/mol. The van der Waals surface area contributed by atoms with Crippen LogP contribution in [0.4, 0.5) is 0 Å². The van der Waals surface area contributed by atoms with Gasteiger partial charge in [0.05, 0.1) is 6.61 Å². The van der Waals surface area contributed by atoms with Crippen molar-refractivity contribution in [1.82, 2.24) is 0 Å². The second-order valence-corrected chi connectivity index (χ2v) is 2.57. The Balaban J connectivity index is 3.76. The second-order valence-electron chi connectivity index (χ2n) is 2.57. The van der Waals surface area contributed by atoms with Crippen molar-refractivity contribution in [2.45, 2.75) is 26.1 Å². The van der Waals surface area contributed by atoms with Crippen molar-refractivity contribution in [3.63, 3.8) is 0 Å². The molecule has 3 heteroatoms. The van der Waals surface area contributed by atoms with Crippen molar-refractivity contribution in [3.8, 4) is 0 Å². The molecule has 68 valence electrons. The first-order valence-corrected chi connectivity index (χ1v) is 3.96. The molecule has 0 aromatic carbocycles. The number of ether oxygens (including phenoxy) is 2. The van der Waals surface area contributed by atoms with Gasteiger partial charge >= 0.3 is 0 Å². The fourth-order valence-corrected chi connectivity index (χ4v) is 1.17. The lowest BCUT2D eigenvalue weighted by atomic mass is 10.0. The van der Waals surface area contributed by atoms with Crippen molar-refractivity contribution in [1.29, 1.82) is 0 Å². The molecule has 1 atom stereocenters. The molecule has 11 heavy (non-hydrogen) atoms. The Kier molecular flexibility index (Phi) is 6.51. The van der Waals surface area contributed by atoms with Crippen LogP contribution in [-0.2, 0) is 9.47 Å². The molecule has 0 saturated carbocycles. The Hall–Kier alpha value is -0.120. The summed E-state index contributed by atoms with van der Waals surface area (Å²) in [4.78, 5) is 0. The molecule has 0 unspecified atom stereocenters. The molecular weight excluding hydrogens is 144 g/mol. The van der Waals surface area contributed by atoms with E-state index < -0.39 is 0 Å². The number of rotatable bonds is 6. The molecule has 0 saturated heterocycles. The van der Waals surface area contributed by atoms with E-state index in [0.717, 1.165) is 12.8 Å². The minimum atomic E-state index is -0.264. The van der Waals surface area contributed by atoms with Gasteiger partial charge < -0.3 is 14.6 Å². The standard InChI is InChI=1S/C8H18O3/c1-4-5-7(6-9)8(10-2)11-3/h7-9H,4-6H2,1-3H3/t7-/m1/s1. The van der Waals surface area contributed by atoms with Crippen molar-refractivity contribution >= 4 is 0 Å². The Bertz CT molecular complexity index is 81.4. The van der Waals surface area contributed by atoms with Gasteiger partial charge in [0.25, 0.3) is 0 Å². The summed E-state index contributed by atoms with van der Waals surface area (Å²) in [7, 11) is 3.18. The fourth-order valence-electron chi connectivity index (χ4n) is 1.17. The van der Waals surface area contributed by atoms with Crippen LogP contribution in [-0.4, -0.2) is 32.2 Å². The average Bonchev–Trinajstić information content (AvgIpc) is 2.05. The van der Waals surface area contributed by atoms with E-state index >= 15 is 0 Å². The summed E-state index contributed by atoms with van der Waals surface area (Å²) in [6.07, 6.45) is 1.71. The highest BCUT2D eigenvalue weighted by molar-refractivity contribution is 4.60. The van der Waals surface area contributed by atoms with E-state index in [4.69, 9.17) is 14.6 Å². The molecule has 0 fully saturated rings. The Morgan fingerprint density at radius 3 is 2.09 bits per heavy atom. The summed E-state index contributed by atoms with van der Waals surface area (Å²) in [6, 6.07) is 0. The second kappa shape index (κ2) is 6.58. The quantitative estimate of drug-likeness (QED) is 0.592. The molecule has 0 aliphatic heterocycles. The van der Waals surface area contributed by atoms with E-state index in [0.29, 0.717) is 0 Å². The summed E-state index contributed by atoms with van der Waals surface area (Å²) in [5.74, 6) is 0.106. The van der Waals surface area contributed by atoms with Crippen molar-refractivity contribution in [3.05, 3.63) is 0 Å². The van der Waals surface area contributed by atoms with Gasteiger partial charge in [-0.05, 0) is 6.42 Å². The molecule has 0 radical (unpaired) electrons. The first-order valence-electron chi connectivity index (χ1n) is 3.96. The van der Waals surface area contributed by atoms with Gasteiger partial charge in [0.15, 0.2) is 6.29 Å². The molecule has 1 N–H and O–H groups in total. The van der Waals surface area contributed by atoms with E-state index in [1.807, 2.05) is 0 Å². The third kappa shape index (κ3) is 3.70. The number of hydrogen-bond acceptors (Lipinski definition) is 3. The third-order valence-electron chi connectivity index (χ3n) is 1.74. The molecule has 3 nitrogen and oxygen atoms in total. The summed E-state index contributed by atoms with van der Waals surface area (Å²) >= 11 is 0. The van der Waals surface area contributed by atoms with Crippen molar-refractivity contribution in [2.24, 2.45) is 5.92 Å². The zero-order chi connectivity index (χ0) is 8.69. The predicted octanol–water partition coefficient (Wildman–Crippen LogP) is 1.01. The maximum atomic E-state index is 8.93. The largest absolute Gasteiger partial charge is 0.396 e. The SMILES string of the molecule is CCC[C@H](CO)C(OC)OC. The van der Waals surface area contributed by atoms with Crippen molar-refractivity contribution < 1.29 is 14.6 Å². The van der Waals surface area contributed by atoms with E-state index in [1.165, 1.54) is 0 Å². The van der Waals surface area contributed by atoms with Gasteiger partial charge in [-0.15, -0.1) is 0 Å². The van der Waals surface area contributed by atoms with Crippen LogP contribution < -0.4 is 0 Å². The Labute approximate surface area is 68.3 Å². The highest BCUT2D eigenvalue weighted by atomic mass is 16.7. The molecule has 0 spiro atoms. The number of methoxy groups -OCH3 is 2. The topological polar surface area (TPSA) is 38.7 Å². The molecule has 0 amide bonds. The summed E-state index contributed by atoms with van der Waals surface area (Å²) in [6.45, 7) is 2.20. The molecule has 0 aliphatic carbocycles. The van der Waals surface area contributed by atoms with Gasteiger partial charge in [-0.1, -0.05) is 13.3 Å². The van der Waals surface area contributed by atoms with E-state index in [-0.39, 0.29) is 18.8 Å². The zero-order valence-corrected chi connectivity index (χ0v) is 7.54. The Morgan fingerprint density at radius 2 is 1.82 bits per heavy atom. The van der Waals surface area contributed by atoms with Gasteiger partial charge in [0, 0.05) is 20.1 Å². The summed E-state index contributed by atoms with van der Waals surface area (Å²) in [5, 5.41) is 8.93. The van der Waals surface area contributed by atoms with Gasteiger partial charge in [0.2, 0.25) is 0 Å². The average molecular weight is 162 g/mol. The maximum Gasteiger partial charge on any atom is 0.161 e. The van der Waals surface area contributed by atoms with Crippen LogP contribution in [0.5, 0.6) is 0 Å². The van der Waals surface area contributed by atoms with Gasteiger partial charge in [-0.3, -0.25) is 0 Å². The first-order chi connectivity index (χ1) is 5.29. The van der Waals surface area contributed by atoms with Crippen LogP contribution in [0.2, 0.25) is 0 Å². The fraction of sp³-hybridized carbons (Fsp3) is 1.00. The third-order valence-corrected chi connectivity index (χ3v) is 1.74. The van der Waals surface area contributed by atoms with Gasteiger partial charge in [0.1, 0.15) is 0 Å². The smallest absolute Gasteiger partial charge is 0.161 e. The van der Waals surface area contributed by atoms with E-state index in [9.17, 15) is 0 Å². The lowest BCUT2D eigenvalue weighted by Crippen LogP contribution is -2.27. The van der Waals surface area contributed by atoms with E-state index in [1.54, 1.807) is 14.2 Å². The lowest BCUT2D eigenvalue weighted by Gasteiger charge is -2.21. The highest BCUT2D eigenvalue weighted by Gasteiger charge is 2.18. The van der Waals surface area contributed by atoms with E-state index in [2.05, 4.69) is 6.92 Å². The normalized spacial score (nSPS) is 13.9. The number of hydrogen-bond donors (Lipinski definition) is 1. The van der Waals surface area contributed by atoms with Crippen LogP contribution in [0.1, 0.15) is 19.8 Å². The van der Waals surface area contributed by atoms with Crippen molar-refractivity contribution in [2.75, 3.05) is 20.8 Å². The highest BCUT2D eigenvalue weighted by Crippen LogP contribution is 2.13. The minimum absolute atomic E-state index is 0.106. The number of aliphatic hydroxyl groups is 1. The molecule has 0 rings (SSSR count). The molecule has 0 aromatic rings. The van der Waals surface area contributed by atoms with Crippen LogP contribution in [0, 0.1) is 5.92 Å². The van der Waals surface area contributed by atoms with Crippen LogP contribution >= 0.6 is 0 Å². The lowest BCUT2D eigenvalue weighted by molar-refractivity contribution is -0.147. The zero-order valence-electron chi connectivity index (χ0n) is 7.54. The van der Waals surface area contributed by atoms with Crippen LogP contribution in [0.3, 0.4) is 0 Å². The maximum absolute atomic E-state index is 8.93. The Morgan fingerprint density at radius 1 is 1.27 bits per heavy atom. The van der Waals surface area contributed by atoms with Crippen LogP contribution in [0.15, 0.2) is 0 Å². The molecule has 0 bridgehead atoms. The molecule has 0 heterocycles. The molecule has 0 aromatic heterocycles.